The lowest BCUT2D eigenvalue weighted by atomic mass is 10.1. The van der Waals surface area contributed by atoms with Crippen LogP contribution in [0.4, 0.5) is 5.69 Å². The van der Waals surface area contributed by atoms with Gasteiger partial charge in [0.2, 0.25) is 0 Å². The average molecular weight is 324 g/mol. The van der Waals surface area contributed by atoms with Crippen LogP contribution in [0.1, 0.15) is 29.7 Å². The fourth-order valence-corrected chi connectivity index (χ4v) is 3.01. The Morgan fingerprint density at radius 3 is 2.71 bits per heavy atom. The van der Waals surface area contributed by atoms with Crippen molar-refractivity contribution in [1.82, 2.24) is 5.32 Å². The summed E-state index contributed by atoms with van der Waals surface area (Å²) in [6.07, 6.45) is 0.602. The molecule has 0 saturated heterocycles. The van der Waals surface area contributed by atoms with Crippen LogP contribution in [0.25, 0.3) is 0 Å². The number of anilines is 1. The highest BCUT2D eigenvalue weighted by Gasteiger charge is 2.33. The maximum atomic E-state index is 12.2. The number of hydrogen-bond donors (Lipinski definition) is 3. The third-order valence-corrected chi connectivity index (χ3v) is 4.29. The van der Waals surface area contributed by atoms with Crippen molar-refractivity contribution in [3.8, 4) is 0 Å². The van der Waals surface area contributed by atoms with Gasteiger partial charge in [-0.1, -0.05) is 43.3 Å². The van der Waals surface area contributed by atoms with Crippen molar-refractivity contribution in [3.63, 3.8) is 0 Å². The zero-order chi connectivity index (χ0) is 17.1. The van der Waals surface area contributed by atoms with Crippen LogP contribution in [0.3, 0.4) is 0 Å². The molecule has 0 saturated carbocycles. The van der Waals surface area contributed by atoms with Gasteiger partial charge in [0.1, 0.15) is 0 Å². The number of carbonyl (C=O) groups is 2. The van der Waals surface area contributed by atoms with Crippen LogP contribution in [0.15, 0.2) is 48.5 Å². The first-order chi connectivity index (χ1) is 11.6. The molecule has 0 radical (unpaired) electrons. The van der Waals surface area contributed by atoms with Crippen molar-refractivity contribution >= 4 is 17.5 Å². The molecular weight excluding hydrogens is 304 g/mol. The molecule has 2 atom stereocenters. The highest BCUT2D eigenvalue weighted by Crippen LogP contribution is 2.31. The van der Waals surface area contributed by atoms with E-state index in [-0.39, 0.29) is 0 Å². The van der Waals surface area contributed by atoms with Crippen molar-refractivity contribution in [3.05, 3.63) is 65.2 Å². The predicted octanol–water partition coefficient (Wildman–Crippen LogP) is 1.96. The predicted molar refractivity (Wildman–Crippen MR) is 91.5 cm³/mol. The second kappa shape index (κ2) is 6.84. The van der Waals surface area contributed by atoms with Crippen LogP contribution in [-0.2, 0) is 22.4 Å². The van der Waals surface area contributed by atoms with E-state index in [1.54, 1.807) is 6.07 Å². The molecule has 0 heterocycles. The summed E-state index contributed by atoms with van der Waals surface area (Å²) in [6.45, 7) is 2.02. The quantitative estimate of drug-likeness (QED) is 0.755. The van der Waals surface area contributed by atoms with Crippen LogP contribution < -0.4 is 10.6 Å². The molecule has 5 nitrogen and oxygen atoms in total. The minimum Gasteiger partial charge on any atom is -0.390 e. The van der Waals surface area contributed by atoms with Gasteiger partial charge in [-0.15, -0.1) is 0 Å². The number of rotatable bonds is 3. The van der Waals surface area contributed by atoms with Gasteiger partial charge in [-0.2, -0.15) is 0 Å². The average Bonchev–Trinajstić information content (AvgIpc) is 2.90. The summed E-state index contributed by atoms with van der Waals surface area (Å²) in [5, 5.41) is 15.4. The van der Waals surface area contributed by atoms with E-state index in [9.17, 15) is 14.7 Å². The van der Waals surface area contributed by atoms with Crippen molar-refractivity contribution in [2.75, 3.05) is 5.32 Å². The molecule has 0 spiro atoms. The van der Waals surface area contributed by atoms with E-state index in [1.807, 2.05) is 49.4 Å². The minimum absolute atomic E-state index is 0.473. The summed E-state index contributed by atoms with van der Waals surface area (Å²) in [4.78, 5) is 24.3. The molecule has 0 aromatic heterocycles. The highest BCUT2D eigenvalue weighted by molar-refractivity contribution is 6.39. The third-order valence-electron chi connectivity index (χ3n) is 4.29. The molecule has 5 heteroatoms. The molecule has 24 heavy (non-hydrogen) atoms. The van der Waals surface area contributed by atoms with E-state index < -0.39 is 24.0 Å². The molecular formula is C19H20N2O3. The highest BCUT2D eigenvalue weighted by atomic mass is 16.3. The van der Waals surface area contributed by atoms with Crippen molar-refractivity contribution in [2.45, 2.75) is 31.9 Å². The molecule has 2 aromatic rings. The molecule has 2 amide bonds. The first-order valence-corrected chi connectivity index (χ1v) is 8.05. The van der Waals surface area contributed by atoms with E-state index >= 15 is 0 Å². The SMILES string of the molecule is CCc1cccc(NC(=O)C(=O)NC2c3ccccc3CC2O)c1. The Hall–Kier alpha value is -2.66. The molecule has 3 N–H and O–H groups in total. The number of carbonyl (C=O) groups excluding carboxylic acids is 2. The van der Waals surface area contributed by atoms with Gasteiger partial charge < -0.3 is 15.7 Å². The maximum absolute atomic E-state index is 12.2. The van der Waals surface area contributed by atoms with Crippen LogP contribution in [-0.4, -0.2) is 23.0 Å². The van der Waals surface area contributed by atoms with Crippen molar-refractivity contribution in [2.24, 2.45) is 0 Å². The van der Waals surface area contributed by atoms with E-state index in [2.05, 4.69) is 10.6 Å². The Balaban J connectivity index is 1.67. The van der Waals surface area contributed by atoms with E-state index in [4.69, 9.17) is 0 Å². The number of benzene rings is 2. The largest absolute Gasteiger partial charge is 0.390 e. The molecule has 2 aromatic carbocycles. The van der Waals surface area contributed by atoms with E-state index in [0.29, 0.717) is 12.1 Å². The Labute approximate surface area is 140 Å². The molecule has 3 rings (SSSR count). The van der Waals surface area contributed by atoms with Gasteiger partial charge in [-0.3, -0.25) is 9.59 Å². The Morgan fingerprint density at radius 1 is 1.12 bits per heavy atom. The van der Waals surface area contributed by atoms with Gasteiger partial charge in [-0.25, -0.2) is 0 Å². The fourth-order valence-electron chi connectivity index (χ4n) is 3.01. The molecule has 0 aliphatic heterocycles. The fraction of sp³-hybridized carbons (Fsp3) is 0.263. The third kappa shape index (κ3) is 3.31. The van der Waals surface area contributed by atoms with E-state index in [0.717, 1.165) is 23.1 Å². The molecule has 1 aliphatic rings. The lowest BCUT2D eigenvalue weighted by Gasteiger charge is -2.17. The maximum Gasteiger partial charge on any atom is 0.313 e. The van der Waals surface area contributed by atoms with Crippen LogP contribution in [0, 0.1) is 0 Å². The van der Waals surface area contributed by atoms with Gasteiger partial charge in [0.15, 0.2) is 0 Å². The van der Waals surface area contributed by atoms with Gasteiger partial charge in [0, 0.05) is 12.1 Å². The zero-order valence-corrected chi connectivity index (χ0v) is 13.5. The summed E-state index contributed by atoms with van der Waals surface area (Å²) in [5.74, 6) is -1.49. The number of nitrogens with one attached hydrogen (secondary N) is 2. The summed E-state index contributed by atoms with van der Waals surface area (Å²) in [5.41, 5.74) is 3.51. The zero-order valence-electron chi connectivity index (χ0n) is 13.5. The van der Waals surface area contributed by atoms with Crippen LogP contribution in [0.5, 0.6) is 0 Å². The van der Waals surface area contributed by atoms with E-state index in [1.165, 1.54) is 0 Å². The summed E-state index contributed by atoms with van der Waals surface area (Å²) < 4.78 is 0. The number of amides is 2. The van der Waals surface area contributed by atoms with Crippen molar-refractivity contribution in [1.29, 1.82) is 0 Å². The first-order valence-electron chi connectivity index (χ1n) is 8.05. The lowest BCUT2D eigenvalue weighted by molar-refractivity contribution is -0.137. The minimum atomic E-state index is -0.752. The Kier molecular flexibility index (Phi) is 4.62. The molecule has 2 unspecified atom stereocenters. The molecule has 0 bridgehead atoms. The number of aliphatic hydroxyl groups is 1. The van der Waals surface area contributed by atoms with Crippen molar-refractivity contribution < 1.29 is 14.7 Å². The van der Waals surface area contributed by atoms with Gasteiger partial charge in [-0.05, 0) is 35.2 Å². The monoisotopic (exact) mass is 324 g/mol. The lowest BCUT2D eigenvalue weighted by Crippen LogP contribution is -2.40. The second-order valence-electron chi connectivity index (χ2n) is 5.93. The molecule has 1 aliphatic carbocycles. The number of aliphatic hydroxyl groups excluding tert-OH is 1. The van der Waals surface area contributed by atoms with Gasteiger partial charge in [0.05, 0.1) is 12.1 Å². The van der Waals surface area contributed by atoms with Gasteiger partial charge in [0.25, 0.3) is 0 Å². The standard InChI is InChI=1S/C19H20N2O3/c1-2-12-6-5-8-14(10-12)20-18(23)19(24)21-17-15-9-4-3-7-13(15)11-16(17)22/h3-10,16-17,22H,2,11H2,1H3,(H,20,23)(H,21,24). The second-order valence-corrected chi connectivity index (χ2v) is 5.93. The van der Waals surface area contributed by atoms with Gasteiger partial charge >= 0.3 is 11.8 Å². The molecule has 0 fully saturated rings. The van der Waals surface area contributed by atoms with Crippen LogP contribution >= 0.6 is 0 Å². The summed E-state index contributed by atoms with van der Waals surface area (Å²) in [6, 6.07) is 14.3. The first kappa shape index (κ1) is 16.2. The summed E-state index contributed by atoms with van der Waals surface area (Å²) >= 11 is 0. The summed E-state index contributed by atoms with van der Waals surface area (Å²) in [7, 11) is 0. The molecule has 124 valence electrons. The normalized spacial score (nSPS) is 18.8. The number of hydrogen-bond acceptors (Lipinski definition) is 3. The number of fused-ring (bicyclic) bond motifs is 1. The Morgan fingerprint density at radius 2 is 1.92 bits per heavy atom. The smallest absolute Gasteiger partial charge is 0.313 e. The number of aryl methyl sites for hydroxylation is 1. The van der Waals surface area contributed by atoms with Crippen LogP contribution in [0.2, 0.25) is 0 Å². The topological polar surface area (TPSA) is 78.4 Å². The Bertz CT molecular complexity index is 773.